The van der Waals surface area contributed by atoms with Crippen molar-refractivity contribution >= 4 is 5.97 Å². The number of imidazole rings is 1. The number of nitrogens with one attached hydrogen (secondary N) is 1. The van der Waals surface area contributed by atoms with Crippen molar-refractivity contribution in [3.63, 3.8) is 0 Å². The summed E-state index contributed by atoms with van der Waals surface area (Å²) in [5, 5.41) is 3.58. The molecule has 2 aliphatic rings. The van der Waals surface area contributed by atoms with E-state index in [1.165, 1.54) is 7.11 Å². The Kier molecular flexibility index (Phi) is 3.54. The molecule has 0 saturated heterocycles. The van der Waals surface area contributed by atoms with Crippen LogP contribution >= 0.6 is 0 Å². The van der Waals surface area contributed by atoms with Gasteiger partial charge in [-0.3, -0.25) is 5.32 Å². The van der Waals surface area contributed by atoms with Gasteiger partial charge in [-0.05, 0) is 31.6 Å². The van der Waals surface area contributed by atoms with E-state index in [0.717, 1.165) is 37.9 Å². The number of hydrogen-bond donors (Lipinski definition) is 1. The normalized spacial score (nSPS) is 21.5. The topological polar surface area (TPSA) is 56.2 Å². The molecule has 1 aromatic heterocycles. The second-order valence-electron chi connectivity index (χ2n) is 5.98. The molecule has 1 unspecified atom stereocenters. The second kappa shape index (κ2) is 5.20. The van der Waals surface area contributed by atoms with Crippen molar-refractivity contribution in [2.24, 2.45) is 5.92 Å². The van der Waals surface area contributed by atoms with Gasteiger partial charge >= 0.3 is 5.97 Å². The fourth-order valence-electron chi connectivity index (χ4n) is 3.00. The molecule has 0 spiro atoms. The molecule has 1 atom stereocenters. The number of hydrogen-bond acceptors (Lipinski definition) is 4. The molecule has 3 rings (SSSR count). The molecule has 20 heavy (non-hydrogen) atoms. The number of esters is 1. The Balaban J connectivity index is 1.88. The minimum atomic E-state index is -0.569. The standard InChI is InChI=1S/C15H23N3O2/c1-3-13-16-8-9-18(13)10-15(11-4-5-11,14(19)20-2)17-12-6-7-12/h8-9,11-12,17H,3-7,10H2,1-2H3. The highest BCUT2D eigenvalue weighted by atomic mass is 16.5. The van der Waals surface area contributed by atoms with Gasteiger partial charge in [-0.2, -0.15) is 0 Å². The van der Waals surface area contributed by atoms with E-state index in [2.05, 4.69) is 21.8 Å². The predicted octanol–water partition coefficient (Wildman–Crippen LogP) is 1.52. The van der Waals surface area contributed by atoms with E-state index < -0.39 is 5.54 Å². The van der Waals surface area contributed by atoms with E-state index in [9.17, 15) is 4.79 Å². The molecule has 0 aliphatic heterocycles. The Hall–Kier alpha value is -1.36. The van der Waals surface area contributed by atoms with Crippen LogP contribution < -0.4 is 5.32 Å². The zero-order valence-electron chi connectivity index (χ0n) is 12.3. The lowest BCUT2D eigenvalue weighted by molar-refractivity contribution is -0.150. The number of carbonyl (C=O) groups excluding carboxylic acids is 1. The van der Waals surface area contributed by atoms with Crippen molar-refractivity contribution in [2.75, 3.05) is 7.11 Å². The zero-order valence-corrected chi connectivity index (χ0v) is 12.3. The van der Waals surface area contributed by atoms with Crippen LogP contribution in [0.15, 0.2) is 12.4 Å². The number of ether oxygens (including phenoxy) is 1. The monoisotopic (exact) mass is 277 g/mol. The van der Waals surface area contributed by atoms with E-state index in [4.69, 9.17) is 4.74 Å². The van der Waals surface area contributed by atoms with Gasteiger partial charge in [0.2, 0.25) is 0 Å². The SMILES string of the molecule is CCc1nccn1CC(NC1CC1)(C(=O)OC)C1CC1. The minimum Gasteiger partial charge on any atom is -0.468 e. The van der Waals surface area contributed by atoms with E-state index >= 15 is 0 Å². The third kappa shape index (κ3) is 2.46. The van der Waals surface area contributed by atoms with Gasteiger partial charge in [0.25, 0.3) is 0 Å². The van der Waals surface area contributed by atoms with Crippen molar-refractivity contribution in [3.05, 3.63) is 18.2 Å². The molecule has 0 amide bonds. The first-order valence-corrected chi connectivity index (χ1v) is 7.55. The summed E-state index contributed by atoms with van der Waals surface area (Å²) >= 11 is 0. The summed E-state index contributed by atoms with van der Waals surface area (Å²) in [6.45, 7) is 2.72. The molecule has 2 fully saturated rings. The smallest absolute Gasteiger partial charge is 0.328 e. The van der Waals surface area contributed by atoms with Gasteiger partial charge < -0.3 is 9.30 Å². The van der Waals surface area contributed by atoms with Crippen LogP contribution in [0.3, 0.4) is 0 Å². The van der Waals surface area contributed by atoms with Crippen LogP contribution in [-0.4, -0.2) is 34.2 Å². The Morgan fingerprint density at radius 1 is 1.50 bits per heavy atom. The Morgan fingerprint density at radius 2 is 2.25 bits per heavy atom. The van der Waals surface area contributed by atoms with Crippen molar-refractivity contribution in [1.82, 2.24) is 14.9 Å². The highest BCUT2D eigenvalue weighted by Crippen LogP contribution is 2.43. The summed E-state index contributed by atoms with van der Waals surface area (Å²) in [5.74, 6) is 1.29. The average Bonchev–Trinajstić information content (AvgIpc) is 3.36. The van der Waals surface area contributed by atoms with Crippen LogP contribution in [-0.2, 0) is 22.5 Å². The molecule has 1 aromatic rings. The van der Waals surface area contributed by atoms with Crippen LogP contribution in [0, 0.1) is 5.92 Å². The first kappa shape index (κ1) is 13.6. The molecular formula is C15H23N3O2. The first-order valence-electron chi connectivity index (χ1n) is 7.55. The quantitative estimate of drug-likeness (QED) is 0.768. The van der Waals surface area contributed by atoms with Crippen molar-refractivity contribution < 1.29 is 9.53 Å². The molecule has 5 heteroatoms. The second-order valence-corrected chi connectivity index (χ2v) is 5.98. The first-order chi connectivity index (χ1) is 9.69. The third-order valence-corrected chi connectivity index (χ3v) is 4.40. The largest absolute Gasteiger partial charge is 0.468 e. The molecule has 5 nitrogen and oxygen atoms in total. The molecule has 1 N–H and O–H groups in total. The molecule has 0 radical (unpaired) electrons. The van der Waals surface area contributed by atoms with Gasteiger partial charge in [-0.1, -0.05) is 6.92 Å². The van der Waals surface area contributed by atoms with Crippen molar-refractivity contribution in [2.45, 2.75) is 57.2 Å². The number of carbonyl (C=O) groups is 1. The Labute approximate surface area is 119 Å². The lowest BCUT2D eigenvalue weighted by Crippen LogP contribution is -2.58. The number of aromatic nitrogens is 2. The summed E-state index contributed by atoms with van der Waals surface area (Å²) in [5.41, 5.74) is -0.569. The van der Waals surface area contributed by atoms with E-state index in [1.807, 2.05) is 12.4 Å². The summed E-state index contributed by atoms with van der Waals surface area (Å²) in [6, 6.07) is 0.475. The summed E-state index contributed by atoms with van der Waals surface area (Å²) in [6.07, 6.45) is 9.18. The maximum Gasteiger partial charge on any atom is 0.328 e. The molecule has 1 heterocycles. The molecular weight excluding hydrogens is 254 g/mol. The van der Waals surface area contributed by atoms with E-state index in [0.29, 0.717) is 18.5 Å². The van der Waals surface area contributed by atoms with Gasteiger partial charge in [0, 0.05) is 24.9 Å². The maximum absolute atomic E-state index is 12.5. The van der Waals surface area contributed by atoms with Crippen LogP contribution in [0.25, 0.3) is 0 Å². The van der Waals surface area contributed by atoms with Gasteiger partial charge in [0.1, 0.15) is 11.4 Å². The predicted molar refractivity (Wildman–Crippen MR) is 75.2 cm³/mol. The zero-order chi connectivity index (χ0) is 14.2. The molecule has 2 aliphatic carbocycles. The maximum atomic E-state index is 12.5. The summed E-state index contributed by atoms with van der Waals surface area (Å²) in [7, 11) is 1.49. The third-order valence-electron chi connectivity index (χ3n) is 4.40. The average molecular weight is 277 g/mol. The lowest BCUT2D eigenvalue weighted by atomic mass is 9.92. The highest BCUT2D eigenvalue weighted by molar-refractivity contribution is 5.82. The summed E-state index contributed by atoms with van der Waals surface area (Å²) in [4.78, 5) is 16.8. The van der Waals surface area contributed by atoms with Crippen LogP contribution in [0.1, 0.15) is 38.4 Å². The van der Waals surface area contributed by atoms with Crippen molar-refractivity contribution in [3.8, 4) is 0 Å². The Bertz CT molecular complexity index is 491. The number of rotatable bonds is 7. The lowest BCUT2D eigenvalue weighted by Gasteiger charge is -2.33. The van der Waals surface area contributed by atoms with Gasteiger partial charge in [-0.25, -0.2) is 9.78 Å². The van der Waals surface area contributed by atoms with Crippen molar-refractivity contribution in [1.29, 1.82) is 0 Å². The summed E-state index contributed by atoms with van der Waals surface area (Å²) < 4.78 is 7.23. The molecule has 2 saturated carbocycles. The molecule has 0 bridgehead atoms. The van der Waals surface area contributed by atoms with Crippen LogP contribution in [0.5, 0.6) is 0 Å². The minimum absolute atomic E-state index is 0.123. The van der Waals surface area contributed by atoms with Crippen LogP contribution in [0.4, 0.5) is 0 Å². The number of nitrogens with zero attached hydrogens (tertiary/aromatic N) is 2. The van der Waals surface area contributed by atoms with Gasteiger partial charge in [-0.15, -0.1) is 0 Å². The van der Waals surface area contributed by atoms with Gasteiger partial charge in [0.05, 0.1) is 13.7 Å². The Morgan fingerprint density at radius 3 is 2.80 bits per heavy atom. The van der Waals surface area contributed by atoms with E-state index in [-0.39, 0.29) is 5.97 Å². The number of aryl methyl sites for hydroxylation is 1. The highest BCUT2D eigenvalue weighted by Gasteiger charge is 2.54. The molecule has 0 aromatic carbocycles. The molecule has 110 valence electrons. The van der Waals surface area contributed by atoms with E-state index in [1.54, 1.807) is 0 Å². The van der Waals surface area contributed by atoms with Gasteiger partial charge in [0.15, 0.2) is 0 Å². The fraction of sp³-hybridized carbons (Fsp3) is 0.733. The fourth-order valence-corrected chi connectivity index (χ4v) is 3.00. The number of methoxy groups -OCH3 is 1. The van der Waals surface area contributed by atoms with Crippen LogP contribution in [0.2, 0.25) is 0 Å².